The number of hydrogen-bond donors (Lipinski definition) is 2. The van der Waals surface area contributed by atoms with Crippen molar-refractivity contribution in [3.8, 4) is 0 Å². The van der Waals surface area contributed by atoms with Crippen LogP contribution in [0.3, 0.4) is 0 Å². The SMILES string of the molecule is O=C(NCC12CC3CC(CC(C3)C1)C2)c1cnn2c1N[C@H](c1ccco1)C[C@@H]2C(F)(F)F. The Morgan fingerprint density at radius 2 is 1.88 bits per heavy atom. The van der Waals surface area contributed by atoms with E-state index in [-0.39, 0.29) is 29.1 Å². The summed E-state index contributed by atoms with van der Waals surface area (Å²) in [7, 11) is 0. The summed E-state index contributed by atoms with van der Waals surface area (Å²) in [6.07, 6.45) is 5.37. The molecule has 2 N–H and O–H groups in total. The minimum absolute atomic E-state index is 0.1000. The van der Waals surface area contributed by atoms with Gasteiger partial charge in [-0.2, -0.15) is 18.3 Å². The lowest BCUT2D eigenvalue weighted by atomic mass is 9.49. The predicted octanol–water partition coefficient (Wildman–Crippen LogP) is 5.08. The van der Waals surface area contributed by atoms with Gasteiger partial charge in [0.15, 0.2) is 6.04 Å². The molecule has 3 heterocycles. The van der Waals surface area contributed by atoms with Crippen LogP contribution in [0.25, 0.3) is 0 Å². The fourth-order valence-electron chi connectivity index (χ4n) is 7.27. The van der Waals surface area contributed by atoms with Crippen molar-refractivity contribution < 1.29 is 22.4 Å². The van der Waals surface area contributed by atoms with Crippen LogP contribution in [0.4, 0.5) is 19.0 Å². The van der Waals surface area contributed by atoms with Gasteiger partial charge in [0.1, 0.15) is 17.1 Å². The maximum Gasteiger partial charge on any atom is 0.410 e. The molecule has 0 aromatic carbocycles. The minimum Gasteiger partial charge on any atom is -0.467 e. The standard InChI is InChI=1S/C23H27F3N4O2/c24-23(25,26)19-7-17(18-2-1-3-32-18)29-20-16(11-28-30(19)20)21(31)27-12-22-8-13-4-14(9-22)6-15(5-13)10-22/h1-3,11,13-15,17,19,29H,4-10,12H2,(H,27,31)/t13?,14?,15?,17-,19+,22?/m0/s1. The van der Waals surface area contributed by atoms with Crippen molar-refractivity contribution >= 4 is 11.7 Å². The Bertz CT molecular complexity index is 978. The van der Waals surface area contributed by atoms with E-state index >= 15 is 0 Å². The van der Waals surface area contributed by atoms with Gasteiger partial charge < -0.3 is 15.1 Å². The molecule has 1 amide bonds. The molecule has 0 radical (unpaired) electrons. The molecule has 7 rings (SSSR count). The molecule has 4 bridgehead atoms. The number of rotatable bonds is 4. The molecule has 1 aliphatic heterocycles. The lowest BCUT2D eigenvalue weighted by molar-refractivity contribution is -0.174. The Labute approximate surface area is 183 Å². The lowest BCUT2D eigenvalue weighted by Gasteiger charge is -2.56. The zero-order chi connectivity index (χ0) is 22.1. The zero-order valence-electron chi connectivity index (χ0n) is 17.7. The second-order valence-corrected chi connectivity index (χ2v) is 10.5. The van der Waals surface area contributed by atoms with E-state index in [1.807, 2.05) is 0 Å². The summed E-state index contributed by atoms with van der Waals surface area (Å²) in [5, 5.41) is 10.1. The molecule has 0 unspecified atom stereocenters. The smallest absolute Gasteiger partial charge is 0.410 e. The number of nitrogens with one attached hydrogen (secondary N) is 2. The molecule has 2 aromatic heterocycles. The number of aromatic nitrogens is 2. The Morgan fingerprint density at radius 1 is 1.19 bits per heavy atom. The van der Waals surface area contributed by atoms with Crippen LogP contribution in [-0.4, -0.2) is 28.4 Å². The molecule has 9 heteroatoms. The third-order valence-electron chi connectivity index (χ3n) is 8.16. The van der Waals surface area contributed by atoms with Gasteiger partial charge in [0.2, 0.25) is 0 Å². The number of carbonyl (C=O) groups is 1. The second kappa shape index (κ2) is 7.02. The Morgan fingerprint density at radius 3 is 2.47 bits per heavy atom. The highest BCUT2D eigenvalue weighted by atomic mass is 19.4. The van der Waals surface area contributed by atoms with Crippen molar-refractivity contribution in [2.24, 2.45) is 23.2 Å². The van der Waals surface area contributed by atoms with Gasteiger partial charge in [0.05, 0.1) is 18.5 Å². The van der Waals surface area contributed by atoms with E-state index in [9.17, 15) is 18.0 Å². The molecule has 6 nitrogen and oxygen atoms in total. The summed E-state index contributed by atoms with van der Waals surface area (Å²) >= 11 is 0. The van der Waals surface area contributed by atoms with E-state index in [0.717, 1.165) is 41.7 Å². The van der Waals surface area contributed by atoms with Crippen LogP contribution in [0.1, 0.15) is 73.1 Å². The molecule has 0 saturated heterocycles. The van der Waals surface area contributed by atoms with E-state index < -0.39 is 18.3 Å². The van der Waals surface area contributed by atoms with Gasteiger partial charge in [0.25, 0.3) is 5.91 Å². The first-order valence-corrected chi connectivity index (χ1v) is 11.5. The van der Waals surface area contributed by atoms with Gasteiger partial charge in [-0.1, -0.05) is 0 Å². The molecule has 0 spiro atoms. The third-order valence-corrected chi connectivity index (χ3v) is 8.16. The van der Waals surface area contributed by atoms with Crippen LogP contribution in [0.5, 0.6) is 0 Å². The van der Waals surface area contributed by atoms with E-state index in [2.05, 4.69) is 15.7 Å². The van der Waals surface area contributed by atoms with Gasteiger partial charge in [-0.15, -0.1) is 0 Å². The molecule has 4 aliphatic carbocycles. The first-order valence-electron chi connectivity index (χ1n) is 11.5. The average molecular weight is 448 g/mol. The quantitative estimate of drug-likeness (QED) is 0.684. The molecule has 2 atom stereocenters. The van der Waals surface area contributed by atoms with Crippen LogP contribution in [-0.2, 0) is 0 Å². The lowest BCUT2D eigenvalue weighted by Crippen LogP contribution is -2.51. The molecule has 32 heavy (non-hydrogen) atoms. The van der Waals surface area contributed by atoms with Gasteiger partial charge in [-0.3, -0.25) is 4.79 Å². The van der Waals surface area contributed by atoms with Crippen molar-refractivity contribution in [3.63, 3.8) is 0 Å². The maximum atomic E-state index is 13.8. The molecule has 4 fully saturated rings. The Balaban J connectivity index is 1.24. The first kappa shape index (κ1) is 20.2. The van der Waals surface area contributed by atoms with Crippen LogP contribution >= 0.6 is 0 Å². The maximum absolute atomic E-state index is 13.8. The van der Waals surface area contributed by atoms with E-state index in [0.29, 0.717) is 12.3 Å². The van der Waals surface area contributed by atoms with E-state index in [4.69, 9.17) is 4.42 Å². The molecule has 5 aliphatic rings. The van der Waals surface area contributed by atoms with Crippen LogP contribution < -0.4 is 10.6 Å². The van der Waals surface area contributed by atoms with Crippen molar-refractivity contribution in [1.82, 2.24) is 15.1 Å². The van der Waals surface area contributed by atoms with Gasteiger partial charge in [-0.05, 0) is 73.8 Å². The number of nitrogens with zero attached hydrogens (tertiary/aromatic N) is 2. The summed E-state index contributed by atoms with van der Waals surface area (Å²) in [5.41, 5.74) is 0.302. The third kappa shape index (κ3) is 3.31. The average Bonchev–Trinajstić information content (AvgIpc) is 3.39. The number of hydrogen-bond acceptors (Lipinski definition) is 4. The number of alkyl halides is 3. The molecule has 172 valence electrons. The summed E-state index contributed by atoms with van der Waals surface area (Å²) in [5.74, 6) is 2.45. The fourth-order valence-corrected chi connectivity index (χ4v) is 7.27. The number of carbonyl (C=O) groups excluding carboxylic acids is 1. The molecule has 4 saturated carbocycles. The topological polar surface area (TPSA) is 72.1 Å². The van der Waals surface area contributed by atoms with Gasteiger partial charge in [-0.25, -0.2) is 4.68 Å². The molecular weight excluding hydrogens is 421 g/mol. The second-order valence-electron chi connectivity index (χ2n) is 10.5. The van der Waals surface area contributed by atoms with E-state index in [1.165, 1.54) is 31.7 Å². The highest BCUT2D eigenvalue weighted by molar-refractivity contribution is 5.98. The zero-order valence-corrected chi connectivity index (χ0v) is 17.7. The van der Waals surface area contributed by atoms with Crippen LogP contribution in [0.2, 0.25) is 0 Å². The largest absolute Gasteiger partial charge is 0.467 e. The Hall–Kier alpha value is -2.45. The summed E-state index contributed by atoms with van der Waals surface area (Å²) in [4.78, 5) is 13.1. The van der Waals surface area contributed by atoms with Crippen LogP contribution in [0.15, 0.2) is 29.0 Å². The highest BCUT2D eigenvalue weighted by Crippen LogP contribution is 2.59. The molecule has 2 aromatic rings. The van der Waals surface area contributed by atoms with E-state index in [1.54, 1.807) is 12.1 Å². The Kier molecular flexibility index (Phi) is 4.43. The fraction of sp³-hybridized carbons (Fsp3) is 0.652. The normalized spacial score (nSPS) is 35.4. The number of fused-ring (bicyclic) bond motifs is 1. The highest BCUT2D eigenvalue weighted by Gasteiger charge is 2.51. The number of amides is 1. The van der Waals surface area contributed by atoms with Crippen molar-refractivity contribution in [2.45, 2.75) is 63.2 Å². The van der Waals surface area contributed by atoms with Gasteiger partial charge in [0, 0.05) is 13.0 Å². The number of halogens is 3. The van der Waals surface area contributed by atoms with Crippen molar-refractivity contribution in [2.75, 3.05) is 11.9 Å². The number of anilines is 1. The predicted molar refractivity (Wildman–Crippen MR) is 110 cm³/mol. The van der Waals surface area contributed by atoms with Crippen molar-refractivity contribution in [3.05, 3.63) is 35.9 Å². The summed E-state index contributed by atoms with van der Waals surface area (Å²) < 4.78 is 47.6. The van der Waals surface area contributed by atoms with Gasteiger partial charge >= 0.3 is 6.18 Å². The molecular formula is C23H27F3N4O2. The van der Waals surface area contributed by atoms with Crippen LogP contribution in [0, 0.1) is 23.2 Å². The minimum atomic E-state index is -4.49. The monoisotopic (exact) mass is 448 g/mol. The summed E-state index contributed by atoms with van der Waals surface area (Å²) in [6, 6.07) is 0.781. The summed E-state index contributed by atoms with van der Waals surface area (Å²) in [6.45, 7) is 0.588. The number of furan rings is 1. The van der Waals surface area contributed by atoms with Crippen molar-refractivity contribution in [1.29, 1.82) is 0 Å². The first-order chi connectivity index (χ1) is 15.3.